The topological polar surface area (TPSA) is 45.6 Å². The third-order valence-electron chi connectivity index (χ3n) is 3.98. The van der Waals surface area contributed by atoms with E-state index in [0.717, 1.165) is 38.8 Å². The molecule has 0 amide bonds. The van der Waals surface area contributed by atoms with Crippen molar-refractivity contribution in [1.82, 2.24) is 9.88 Å². The summed E-state index contributed by atoms with van der Waals surface area (Å²) < 4.78 is 18.2. The molecule has 1 fully saturated rings. The molecule has 0 aliphatic carbocycles. The predicted octanol–water partition coefficient (Wildman–Crippen LogP) is 2.00. The minimum atomic E-state index is -0.669. The van der Waals surface area contributed by atoms with Crippen LogP contribution >= 0.6 is 0 Å². The highest BCUT2D eigenvalue weighted by molar-refractivity contribution is 5.08. The fourth-order valence-corrected chi connectivity index (χ4v) is 2.68. The van der Waals surface area contributed by atoms with Gasteiger partial charge in [-0.05, 0) is 32.0 Å². The molecule has 1 aromatic heterocycles. The molecule has 2 rings (SSSR count). The number of halogens is 1. The van der Waals surface area contributed by atoms with Gasteiger partial charge in [-0.1, -0.05) is 6.92 Å². The van der Waals surface area contributed by atoms with Gasteiger partial charge >= 0.3 is 0 Å². The Hall–Kier alpha value is -1.04. The Balaban J connectivity index is 1.89. The smallest absolute Gasteiger partial charge is 0.141 e. The number of pyridine rings is 1. The van der Waals surface area contributed by atoms with Gasteiger partial charge in [0.2, 0.25) is 0 Å². The first-order valence-electron chi connectivity index (χ1n) is 7.15. The second-order valence-corrected chi connectivity index (χ2v) is 5.61. The van der Waals surface area contributed by atoms with Crippen LogP contribution in [-0.4, -0.2) is 47.8 Å². The molecule has 2 heterocycles. The highest BCUT2D eigenvalue weighted by Crippen LogP contribution is 2.23. The summed E-state index contributed by atoms with van der Waals surface area (Å²) in [6.45, 7) is 4.40. The molecule has 0 bridgehead atoms. The van der Waals surface area contributed by atoms with E-state index in [1.54, 1.807) is 6.07 Å². The summed E-state index contributed by atoms with van der Waals surface area (Å²) in [5.74, 6) is -0.339. The highest BCUT2D eigenvalue weighted by atomic mass is 19.1. The quantitative estimate of drug-likeness (QED) is 0.897. The third kappa shape index (κ3) is 3.98. The van der Waals surface area contributed by atoms with Crippen LogP contribution in [0.25, 0.3) is 0 Å². The fraction of sp³-hybridized carbons (Fsp3) is 0.667. The molecule has 0 aromatic carbocycles. The van der Waals surface area contributed by atoms with Gasteiger partial charge in [-0.3, -0.25) is 4.98 Å². The van der Waals surface area contributed by atoms with Gasteiger partial charge in [0.1, 0.15) is 5.82 Å². The molecular formula is C15H23FN2O2. The summed E-state index contributed by atoms with van der Waals surface area (Å²) in [5.41, 5.74) is 0.527. The van der Waals surface area contributed by atoms with Gasteiger partial charge in [0, 0.05) is 31.7 Å². The second-order valence-electron chi connectivity index (χ2n) is 5.61. The Kier molecular flexibility index (Phi) is 5.46. The van der Waals surface area contributed by atoms with E-state index >= 15 is 0 Å². The number of rotatable bonds is 5. The van der Waals surface area contributed by atoms with E-state index in [2.05, 4.69) is 16.9 Å². The van der Waals surface area contributed by atoms with E-state index in [4.69, 9.17) is 4.74 Å². The van der Waals surface area contributed by atoms with Gasteiger partial charge in [0.25, 0.3) is 0 Å². The molecule has 0 radical (unpaired) electrons. The van der Waals surface area contributed by atoms with Crippen LogP contribution in [0.15, 0.2) is 18.3 Å². The molecule has 4 nitrogen and oxygen atoms in total. The molecule has 1 aliphatic rings. The molecule has 1 aromatic rings. The summed E-state index contributed by atoms with van der Waals surface area (Å²) in [5, 5.41) is 10.3. The lowest BCUT2D eigenvalue weighted by atomic mass is 9.99. The molecule has 20 heavy (non-hydrogen) atoms. The van der Waals surface area contributed by atoms with Crippen molar-refractivity contribution in [3.63, 3.8) is 0 Å². The molecule has 2 unspecified atom stereocenters. The molecule has 0 spiro atoms. The zero-order valence-corrected chi connectivity index (χ0v) is 12.1. The fourth-order valence-electron chi connectivity index (χ4n) is 2.68. The van der Waals surface area contributed by atoms with Gasteiger partial charge in [-0.2, -0.15) is 0 Å². The van der Waals surface area contributed by atoms with Crippen molar-refractivity contribution in [3.05, 3.63) is 29.8 Å². The molecule has 5 heteroatoms. The Morgan fingerprint density at radius 2 is 2.15 bits per heavy atom. The summed E-state index contributed by atoms with van der Waals surface area (Å²) in [4.78, 5) is 6.23. The standard InChI is InChI=1S/C15H23FN2O2/c1-11(10-18(2)13-5-7-20-8-6-13)15(19)14-4-3-12(16)9-17-14/h3-4,9,11,13,15,19H,5-8,10H2,1-2H3. The largest absolute Gasteiger partial charge is 0.386 e. The van der Waals surface area contributed by atoms with E-state index in [1.165, 1.54) is 6.07 Å². The number of aliphatic hydroxyl groups excluding tert-OH is 1. The zero-order chi connectivity index (χ0) is 14.5. The van der Waals surface area contributed by atoms with Crippen LogP contribution < -0.4 is 0 Å². The van der Waals surface area contributed by atoms with Gasteiger partial charge in [0.05, 0.1) is 18.0 Å². The molecule has 0 saturated carbocycles. The SMILES string of the molecule is CC(CN(C)C1CCOCC1)C(O)c1ccc(F)cn1. The van der Waals surface area contributed by atoms with Crippen LogP contribution in [0.4, 0.5) is 4.39 Å². The van der Waals surface area contributed by atoms with Crippen molar-refractivity contribution in [2.24, 2.45) is 5.92 Å². The maximum absolute atomic E-state index is 12.8. The van der Waals surface area contributed by atoms with Crippen molar-refractivity contribution in [2.45, 2.75) is 31.9 Å². The van der Waals surface area contributed by atoms with E-state index in [1.807, 2.05) is 6.92 Å². The van der Waals surface area contributed by atoms with Crippen molar-refractivity contribution < 1.29 is 14.2 Å². The van der Waals surface area contributed by atoms with E-state index in [-0.39, 0.29) is 11.7 Å². The van der Waals surface area contributed by atoms with Crippen LogP contribution in [0.3, 0.4) is 0 Å². The zero-order valence-electron chi connectivity index (χ0n) is 12.1. The lowest BCUT2D eigenvalue weighted by molar-refractivity contribution is 0.0250. The lowest BCUT2D eigenvalue weighted by Crippen LogP contribution is -2.40. The van der Waals surface area contributed by atoms with E-state index < -0.39 is 6.10 Å². The number of aliphatic hydroxyl groups is 1. The molecule has 112 valence electrons. The third-order valence-corrected chi connectivity index (χ3v) is 3.98. The second kappa shape index (κ2) is 7.11. The van der Waals surface area contributed by atoms with E-state index in [0.29, 0.717) is 11.7 Å². The average molecular weight is 282 g/mol. The van der Waals surface area contributed by atoms with Crippen LogP contribution in [0.1, 0.15) is 31.6 Å². The van der Waals surface area contributed by atoms with Crippen LogP contribution in [-0.2, 0) is 4.74 Å². The van der Waals surface area contributed by atoms with Gasteiger partial charge < -0.3 is 14.7 Å². The lowest BCUT2D eigenvalue weighted by Gasteiger charge is -2.33. The Morgan fingerprint density at radius 1 is 1.45 bits per heavy atom. The van der Waals surface area contributed by atoms with Crippen LogP contribution in [0.2, 0.25) is 0 Å². The minimum Gasteiger partial charge on any atom is -0.386 e. The number of aromatic nitrogens is 1. The monoisotopic (exact) mass is 282 g/mol. The summed E-state index contributed by atoms with van der Waals surface area (Å²) in [6, 6.07) is 3.39. The molecule has 2 atom stereocenters. The molecule has 1 N–H and O–H groups in total. The van der Waals surface area contributed by atoms with Crippen molar-refractivity contribution in [2.75, 3.05) is 26.8 Å². The number of hydrogen-bond donors (Lipinski definition) is 1. The highest BCUT2D eigenvalue weighted by Gasteiger charge is 2.24. The van der Waals surface area contributed by atoms with Crippen molar-refractivity contribution in [1.29, 1.82) is 0 Å². The first kappa shape index (κ1) is 15.4. The van der Waals surface area contributed by atoms with E-state index in [9.17, 15) is 9.50 Å². The van der Waals surface area contributed by atoms with Crippen molar-refractivity contribution >= 4 is 0 Å². The average Bonchev–Trinajstić information content (AvgIpc) is 2.48. The predicted molar refractivity (Wildman–Crippen MR) is 74.8 cm³/mol. The molecule has 1 saturated heterocycles. The van der Waals surface area contributed by atoms with Gasteiger partial charge in [0.15, 0.2) is 0 Å². The summed E-state index contributed by atoms with van der Waals surface area (Å²) in [7, 11) is 2.08. The maximum atomic E-state index is 12.8. The van der Waals surface area contributed by atoms with Crippen LogP contribution in [0, 0.1) is 11.7 Å². The van der Waals surface area contributed by atoms with Gasteiger partial charge in [-0.25, -0.2) is 4.39 Å². The molecular weight excluding hydrogens is 259 g/mol. The summed E-state index contributed by atoms with van der Waals surface area (Å²) >= 11 is 0. The number of hydrogen-bond acceptors (Lipinski definition) is 4. The van der Waals surface area contributed by atoms with Gasteiger partial charge in [-0.15, -0.1) is 0 Å². The number of nitrogens with zero attached hydrogens (tertiary/aromatic N) is 2. The Labute approximate surface area is 119 Å². The Bertz CT molecular complexity index is 407. The first-order valence-corrected chi connectivity index (χ1v) is 7.15. The number of ether oxygens (including phenoxy) is 1. The normalized spacial score (nSPS) is 20.1. The van der Waals surface area contributed by atoms with Crippen LogP contribution in [0.5, 0.6) is 0 Å². The summed E-state index contributed by atoms with van der Waals surface area (Å²) in [6.07, 6.45) is 2.55. The first-order chi connectivity index (χ1) is 9.58. The Morgan fingerprint density at radius 3 is 2.75 bits per heavy atom. The minimum absolute atomic E-state index is 0.0424. The molecule has 1 aliphatic heterocycles. The maximum Gasteiger partial charge on any atom is 0.141 e. The van der Waals surface area contributed by atoms with Crippen molar-refractivity contribution in [3.8, 4) is 0 Å².